The van der Waals surface area contributed by atoms with Crippen molar-refractivity contribution >= 4 is 29.5 Å². The summed E-state index contributed by atoms with van der Waals surface area (Å²) >= 11 is 1.52. The molecular formula is C11H14N2O5S. The number of aliphatic carboxylic acids is 1. The molecule has 0 saturated carbocycles. The first kappa shape index (κ1) is 15.1. The molecule has 0 spiro atoms. The van der Waals surface area contributed by atoms with E-state index in [1.165, 1.54) is 17.8 Å². The number of hydrogen-bond donors (Lipinski definition) is 2. The molecule has 0 atom stereocenters. The number of rotatable bonds is 7. The highest BCUT2D eigenvalue weighted by molar-refractivity contribution is 7.97. The zero-order valence-corrected chi connectivity index (χ0v) is 11.1. The first-order chi connectivity index (χ1) is 8.93. The van der Waals surface area contributed by atoms with Crippen molar-refractivity contribution < 1.29 is 23.9 Å². The van der Waals surface area contributed by atoms with E-state index in [9.17, 15) is 14.4 Å². The number of thioether (sulfide) groups is 1. The summed E-state index contributed by atoms with van der Waals surface area (Å²) < 4.78 is 5.27. The highest BCUT2D eigenvalue weighted by atomic mass is 32.2. The molecule has 1 rings (SSSR count). The lowest BCUT2D eigenvalue weighted by Crippen LogP contribution is -2.41. The molecule has 104 valence electrons. The average molecular weight is 286 g/mol. The van der Waals surface area contributed by atoms with Gasteiger partial charge in [0.05, 0.1) is 5.75 Å². The van der Waals surface area contributed by atoms with E-state index in [0.29, 0.717) is 11.5 Å². The normalized spacial score (nSPS) is 10.2. The number of primary amides is 1. The van der Waals surface area contributed by atoms with Gasteiger partial charge in [0, 0.05) is 0 Å². The Bertz CT molecular complexity index is 469. The zero-order valence-electron chi connectivity index (χ0n) is 10.3. The van der Waals surface area contributed by atoms with Crippen LogP contribution in [-0.4, -0.2) is 47.1 Å². The molecule has 8 heteroatoms. The van der Waals surface area contributed by atoms with Gasteiger partial charge in [-0.3, -0.25) is 14.4 Å². The summed E-state index contributed by atoms with van der Waals surface area (Å²) in [6.45, 7) is -1.08. The second kappa shape index (κ2) is 6.83. The molecule has 0 saturated heterocycles. The summed E-state index contributed by atoms with van der Waals surface area (Å²) in [7, 11) is 0. The monoisotopic (exact) mass is 286 g/mol. The van der Waals surface area contributed by atoms with Crippen LogP contribution in [0.2, 0.25) is 0 Å². The Balaban J connectivity index is 2.84. The van der Waals surface area contributed by atoms with Crippen LogP contribution in [0.15, 0.2) is 16.5 Å². The second-order valence-electron chi connectivity index (χ2n) is 3.72. The van der Waals surface area contributed by atoms with Gasteiger partial charge >= 0.3 is 5.97 Å². The summed E-state index contributed by atoms with van der Waals surface area (Å²) in [5, 5.41) is 8.70. The topological polar surface area (TPSA) is 114 Å². The predicted molar refractivity (Wildman–Crippen MR) is 68.7 cm³/mol. The average Bonchev–Trinajstić information content (AvgIpc) is 2.75. The Hall–Kier alpha value is -1.96. The van der Waals surface area contributed by atoms with Crippen molar-refractivity contribution in [1.29, 1.82) is 0 Å². The van der Waals surface area contributed by atoms with Crippen molar-refractivity contribution in [2.75, 3.05) is 19.3 Å². The lowest BCUT2D eigenvalue weighted by atomic mass is 10.3. The van der Waals surface area contributed by atoms with Gasteiger partial charge < -0.3 is 20.2 Å². The predicted octanol–water partition coefficient (Wildman–Crippen LogP) is 0.155. The number of carbonyl (C=O) groups is 3. The maximum absolute atomic E-state index is 12.0. The van der Waals surface area contributed by atoms with Crippen molar-refractivity contribution in [2.45, 2.75) is 5.75 Å². The molecule has 0 unspecified atom stereocenters. The molecule has 3 N–H and O–H groups in total. The number of carboxylic acids is 1. The lowest BCUT2D eigenvalue weighted by Gasteiger charge is -2.17. The van der Waals surface area contributed by atoms with E-state index in [0.717, 1.165) is 4.90 Å². The molecule has 0 aliphatic heterocycles. The second-order valence-corrected chi connectivity index (χ2v) is 4.59. The van der Waals surface area contributed by atoms with Gasteiger partial charge in [-0.25, -0.2) is 0 Å². The number of amides is 2. The summed E-state index contributed by atoms with van der Waals surface area (Å²) in [4.78, 5) is 34.3. The van der Waals surface area contributed by atoms with E-state index >= 15 is 0 Å². The third-order valence-electron chi connectivity index (χ3n) is 2.12. The standard InChI is InChI=1S/C11H14N2O5S/c1-19-6-7-2-3-8(18-7)11(17)13(4-9(12)14)5-10(15)16/h2-3H,4-6H2,1H3,(H2,12,14)(H,15,16). The Morgan fingerprint density at radius 3 is 2.58 bits per heavy atom. The van der Waals surface area contributed by atoms with Crippen LogP contribution >= 0.6 is 11.8 Å². The molecule has 0 aliphatic carbocycles. The highest BCUT2D eigenvalue weighted by Crippen LogP contribution is 2.15. The van der Waals surface area contributed by atoms with Crippen LogP contribution in [0.4, 0.5) is 0 Å². The van der Waals surface area contributed by atoms with E-state index in [1.54, 1.807) is 6.07 Å². The van der Waals surface area contributed by atoms with Crippen LogP contribution in [0, 0.1) is 0 Å². The molecular weight excluding hydrogens is 272 g/mol. The first-order valence-electron chi connectivity index (χ1n) is 5.31. The third kappa shape index (κ3) is 4.66. The molecule has 0 aromatic carbocycles. The molecule has 2 amide bonds. The molecule has 0 bridgehead atoms. The van der Waals surface area contributed by atoms with Gasteiger partial charge in [0.15, 0.2) is 5.76 Å². The molecule has 0 radical (unpaired) electrons. The number of furan rings is 1. The van der Waals surface area contributed by atoms with E-state index in [-0.39, 0.29) is 5.76 Å². The number of carboxylic acid groups (broad SMARTS) is 1. The van der Waals surface area contributed by atoms with Crippen molar-refractivity contribution in [2.24, 2.45) is 5.73 Å². The Kier molecular flexibility index (Phi) is 5.43. The fourth-order valence-corrected chi connectivity index (χ4v) is 1.86. The lowest BCUT2D eigenvalue weighted by molar-refractivity contribution is -0.138. The zero-order chi connectivity index (χ0) is 14.4. The van der Waals surface area contributed by atoms with Gasteiger partial charge in [-0.1, -0.05) is 0 Å². The van der Waals surface area contributed by atoms with Crippen molar-refractivity contribution in [1.82, 2.24) is 4.90 Å². The van der Waals surface area contributed by atoms with Crippen LogP contribution in [0.25, 0.3) is 0 Å². The first-order valence-corrected chi connectivity index (χ1v) is 6.70. The molecule has 0 fully saturated rings. The van der Waals surface area contributed by atoms with Crippen LogP contribution < -0.4 is 5.73 Å². The van der Waals surface area contributed by atoms with Gasteiger partial charge in [0.25, 0.3) is 5.91 Å². The summed E-state index contributed by atoms with van der Waals surface area (Å²) in [6, 6.07) is 3.08. The molecule has 1 heterocycles. The molecule has 0 aliphatic rings. The molecule has 19 heavy (non-hydrogen) atoms. The number of nitrogens with zero attached hydrogens (tertiary/aromatic N) is 1. The highest BCUT2D eigenvalue weighted by Gasteiger charge is 2.23. The molecule has 1 aromatic rings. The molecule has 1 aromatic heterocycles. The van der Waals surface area contributed by atoms with E-state index in [2.05, 4.69) is 0 Å². The van der Waals surface area contributed by atoms with Gasteiger partial charge in [0.2, 0.25) is 5.91 Å². The van der Waals surface area contributed by atoms with Gasteiger partial charge in [-0.15, -0.1) is 0 Å². The Labute approximate surface area is 113 Å². The third-order valence-corrected chi connectivity index (χ3v) is 2.69. The van der Waals surface area contributed by atoms with E-state index in [4.69, 9.17) is 15.3 Å². The van der Waals surface area contributed by atoms with Crippen LogP contribution in [0.5, 0.6) is 0 Å². The number of hydrogen-bond acceptors (Lipinski definition) is 5. The summed E-state index contributed by atoms with van der Waals surface area (Å²) in [5.41, 5.74) is 4.98. The SMILES string of the molecule is CSCc1ccc(C(=O)N(CC(N)=O)CC(=O)O)o1. The van der Waals surface area contributed by atoms with Crippen LogP contribution in [0.3, 0.4) is 0 Å². The number of nitrogens with two attached hydrogens (primary N) is 1. The summed E-state index contributed by atoms with van der Waals surface area (Å²) in [6.07, 6.45) is 1.88. The number of carbonyl (C=O) groups excluding carboxylic acids is 2. The van der Waals surface area contributed by atoms with E-state index < -0.39 is 30.9 Å². The largest absolute Gasteiger partial charge is 0.480 e. The van der Waals surface area contributed by atoms with Crippen molar-refractivity contribution in [3.63, 3.8) is 0 Å². The minimum Gasteiger partial charge on any atom is -0.480 e. The van der Waals surface area contributed by atoms with E-state index in [1.807, 2.05) is 6.26 Å². The fourth-order valence-electron chi connectivity index (χ4n) is 1.42. The Morgan fingerprint density at radius 1 is 1.37 bits per heavy atom. The molecule has 7 nitrogen and oxygen atoms in total. The van der Waals surface area contributed by atoms with Crippen LogP contribution in [0.1, 0.15) is 16.3 Å². The Morgan fingerprint density at radius 2 is 2.05 bits per heavy atom. The minimum atomic E-state index is -1.23. The summed E-state index contributed by atoms with van der Waals surface area (Å²) in [5.74, 6) is -1.50. The smallest absolute Gasteiger partial charge is 0.323 e. The van der Waals surface area contributed by atoms with Crippen LogP contribution in [-0.2, 0) is 15.3 Å². The fraction of sp³-hybridized carbons (Fsp3) is 0.364. The van der Waals surface area contributed by atoms with Gasteiger partial charge in [0.1, 0.15) is 18.8 Å². The minimum absolute atomic E-state index is 0.00782. The maximum Gasteiger partial charge on any atom is 0.323 e. The van der Waals surface area contributed by atoms with Gasteiger partial charge in [-0.2, -0.15) is 11.8 Å². The van der Waals surface area contributed by atoms with Crippen molar-refractivity contribution in [3.8, 4) is 0 Å². The van der Waals surface area contributed by atoms with Crippen molar-refractivity contribution in [3.05, 3.63) is 23.7 Å². The maximum atomic E-state index is 12.0. The van der Waals surface area contributed by atoms with Gasteiger partial charge in [-0.05, 0) is 18.4 Å². The quantitative estimate of drug-likeness (QED) is 0.737.